The first-order valence-electron chi connectivity index (χ1n) is 8.14. The van der Waals surface area contributed by atoms with Gasteiger partial charge in [0.25, 0.3) is 0 Å². The molecule has 0 unspecified atom stereocenters. The van der Waals surface area contributed by atoms with E-state index in [1.807, 2.05) is 16.5 Å². The molecule has 6 heteroatoms. The fraction of sp³-hybridized carbons (Fsp3) is 0.278. The molecule has 0 bridgehead atoms. The first-order valence-corrected chi connectivity index (χ1v) is 8.96. The van der Waals surface area contributed by atoms with E-state index in [9.17, 15) is 5.11 Å². The summed E-state index contributed by atoms with van der Waals surface area (Å²) in [4.78, 5) is 7.13. The number of aryl methyl sites for hydroxylation is 1. The average molecular weight is 336 g/mol. The summed E-state index contributed by atoms with van der Waals surface area (Å²) >= 11 is 1.78. The van der Waals surface area contributed by atoms with Gasteiger partial charge in [0, 0.05) is 4.88 Å². The number of para-hydroxylation sites is 1. The van der Waals surface area contributed by atoms with Crippen LogP contribution in [0.3, 0.4) is 0 Å². The lowest BCUT2D eigenvalue weighted by atomic mass is 9.89. The van der Waals surface area contributed by atoms with Crippen molar-refractivity contribution in [1.82, 2.24) is 19.6 Å². The summed E-state index contributed by atoms with van der Waals surface area (Å²) in [5.41, 5.74) is 2.90. The van der Waals surface area contributed by atoms with Gasteiger partial charge in [-0.3, -0.25) is 4.40 Å². The first-order chi connectivity index (χ1) is 11.7. The lowest BCUT2D eigenvalue weighted by molar-refractivity contribution is 0.477. The van der Waals surface area contributed by atoms with Crippen molar-refractivity contribution in [1.29, 1.82) is 0 Å². The normalized spacial score (nSPS) is 17.5. The lowest BCUT2D eigenvalue weighted by Crippen LogP contribution is -2.08. The summed E-state index contributed by atoms with van der Waals surface area (Å²) in [6.07, 6.45) is 5.19. The molecule has 4 aromatic rings. The van der Waals surface area contributed by atoms with Gasteiger partial charge in [-0.25, -0.2) is 4.98 Å². The van der Waals surface area contributed by atoms with Crippen LogP contribution in [-0.2, 0) is 12.8 Å². The number of aromatic nitrogens is 4. The van der Waals surface area contributed by atoms with Crippen LogP contribution in [-0.4, -0.2) is 24.7 Å². The zero-order chi connectivity index (χ0) is 16.3. The maximum Gasteiger partial charge on any atom is 0.173 e. The van der Waals surface area contributed by atoms with Crippen LogP contribution >= 0.6 is 11.3 Å². The number of phenolic OH excluding ortho intramolecular Hbond substituents is 1. The van der Waals surface area contributed by atoms with E-state index in [-0.39, 0.29) is 5.75 Å². The molecule has 1 aliphatic rings. The predicted molar refractivity (Wildman–Crippen MR) is 94.5 cm³/mol. The van der Waals surface area contributed by atoms with Crippen molar-refractivity contribution >= 4 is 27.2 Å². The third kappa shape index (κ3) is 1.89. The predicted octanol–water partition coefficient (Wildman–Crippen LogP) is 3.84. The molecule has 24 heavy (non-hydrogen) atoms. The number of rotatable bonds is 1. The highest BCUT2D eigenvalue weighted by molar-refractivity contribution is 7.19. The van der Waals surface area contributed by atoms with Gasteiger partial charge < -0.3 is 5.11 Å². The Balaban J connectivity index is 1.80. The third-order valence-corrected chi connectivity index (χ3v) is 6.01. The van der Waals surface area contributed by atoms with Crippen LogP contribution in [0, 0.1) is 5.92 Å². The smallest absolute Gasteiger partial charge is 0.173 e. The van der Waals surface area contributed by atoms with Crippen LogP contribution in [0.2, 0.25) is 0 Å². The number of benzene rings is 1. The number of nitrogens with zero attached hydrogens (tertiary/aromatic N) is 4. The fourth-order valence-corrected chi connectivity index (χ4v) is 4.93. The van der Waals surface area contributed by atoms with Crippen molar-refractivity contribution in [3.63, 3.8) is 0 Å². The Morgan fingerprint density at radius 1 is 1.25 bits per heavy atom. The molecule has 5 rings (SSSR count). The van der Waals surface area contributed by atoms with E-state index < -0.39 is 0 Å². The van der Waals surface area contributed by atoms with Crippen LogP contribution in [0.15, 0.2) is 30.6 Å². The Morgan fingerprint density at radius 3 is 3.00 bits per heavy atom. The van der Waals surface area contributed by atoms with Crippen molar-refractivity contribution in [2.75, 3.05) is 0 Å². The van der Waals surface area contributed by atoms with Gasteiger partial charge in [-0.2, -0.15) is 0 Å². The largest absolute Gasteiger partial charge is 0.507 e. The van der Waals surface area contributed by atoms with Crippen molar-refractivity contribution in [2.45, 2.75) is 26.2 Å². The Hall–Kier alpha value is -2.47. The zero-order valence-electron chi connectivity index (χ0n) is 13.2. The highest BCUT2D eigenvalue weighted by atomic mass is 32.1. The molecule has 0 fully saturated rings. The van der Waals surface area contributed by atoms with Crippen molar-refractivity contribution in [3.8, 4) is 17.1 Å². The molecule has 3 heterocycles. The fourth-order valence-electron chi connectivity index (χ4n) is 3.59. The average Bonchev–Trinajstić information content (AvgIpc) is 3.15. The SMILES string of the molecule is C[C@@H]1CCc2c(sc3ncn4c(-c5ccccc5O)nnc4c23)C1. The van der Waals surface area contributed by atoms with Gasteiger partial charge in [-0.1, -0.05) is 19.1 Å². The Morgan fingerprint density at radius 2 is 2.12 bits per heavy atom. The van der Waals surface area contributed by atoms with E-state index in [4.69, 9.17) is 0 Å². The number of fused-ring (bicyclic) bond motifs is 5. The molecule has 120 valence electrons. The molecule has 5 nitrogen and oxygen atoms in total. The maximum absolute atomic E-state index is 10.1. The van der Waals surface area contributed by atoms with Gasteiger partial charge in [0.05, 0.1) is 10.9 Å². The molecule has 1 atom stereocenters. The number of hydrogen-bond donors (Lipinski definition) is 1. The Bertz CT molecular complexity index is 1080. The van der Waals surface area contributed by atoms with E-state index in [0.717, 1.165) is 34.6 Å². The maximum atomic E-state index is 10.1. The molecular formula is C18H16N4OS. The molecule has 3 aromatic heterocycles. The lowest BCUT2D eigenvalue weighted by Gasteiger charge is -2.17. The number of hydrogen-bond acceptors (Lipinski definition) is 5. The molecule has 0 spiro atoms. The third-order valence-electron chi connectivity index (χ3n) is 4.85. The van der Waals surface area contributed by atoms with Gasteiger partial charge in [-0.15, -0.1) is 21.5 Å². The summed E-state index contributed by atoms with van der Waals surface area (Å²) in [6.45, 7) is 2.31. The standard InChI is InChI=1S/C18H16N4OS/c1-10-6-7-12-14(8-10)24-18-15(12)17-21-20-16(22(17)9-19-18)11-4-2-3-5-13(11)23/h2-5,9-10,23H,6-8H2,1H3/t10-/m1/s1. The Kier molecular flexibility index (Phi) is 2.91. The minimum Gasteiger partial charge on any atom is -0.507 e. The van der Waals surface area contributed by atoms with Crippen LogP contribution in [0.4, 0.5) is 0 Å². The molecular weight excluding hydrogens is 320 g/mol. The monoisotopic (exact) mass is 336 g/mol. The van der Waals surface area contributed by atoms with E-state index in [1.54, 1.807) is 29.8 Å². The number of phenols is 1. The number of thiophene rings is 1. The number of aromatic hydroxyl groups is 1. The van der Waals surface area contributed by atoms with E-state index in [0.29, 0.717) is 11.4 Å². The quantitative estimate of drug-likeness (QED) is 0.574. The zero-order valence-corrected chi connectivity index (χ0v) is 14.0. The topological polar surface area (TPSA) is 63.3 Å². The van der Waals surface area contributed by atoms with Crippen molar-refractivity contribution in [2.24, 2.45) is 5.92 Å². The van der Waals surface area contributed by atoms with Crippen LogP contribution in [0.5, 0.6) is 5.75 Å². The molecule has 0 saturated heterocycles. The summed E-state index contributed by atoms with van der Waals surface area (Å²) in [6, 6.07) is 7.20. The minimum atomic E-state index is 0.202. The minimum absolute atomic E-state index is 0.202. The molecule has 1 N–H and O–H groups in total. The van der Waals surface area contributed by atoms with Crippen LogP contribution in [0.25, 0.3) is 27.3 Å². The molecule has 0 amide bonds. The molecule has 1 aromatic carbocycles. The van der Waals surface area contributed by atoms with Crippen molar-refractivity contribution < 1.29 is 5.11 Å². The van der Waals surface area contributed by atoms with Gasteiger partial charge in [0.15, 0.2) is 11.5 Å². The first kappa shape index (κ1) is 13.9. The second-order valence-corrected chi connectivity index (χ2v) is 7.59. The second-order valence-electron chi connectivity index (χ2n) is 6.51. The summed E-state index contributed by atoms with van der Waals surface area (Å²) in [7, 11) is 0. The highest BCUT2D eigenvalue weighted by Crippen LogP contribution is 2.39. The molecule has 0 radical (unpaired) electrons. The second kappa shape index (κ2) is 5.01. The van der Waals surface area contributed by atoms with Crippen LogP contribution in [0.1, 0.15) is 23.8 Å². The molecule has 0 aliphatic heterocycles. The Labute approximate surface area is 142 Å². The summed E-state index contributed by atoms with van der Waals surface area (Å²) < 4.78 is 1.89. The van der Waals surface area contributed by atoms with Gasteiger partial charge >= 0.3 is 0 Å². The highest BCUT2D eigenvalue weighted by Gasteiger charge is 2.24. The summed E-state index contributed by atoms with van der Waals surface area (Å²) in [5.74, 6) is 1.56. The van der Waals surface area contributed by atoms with E-state index >= 15 is 0 Å². The van der Waals surface area contributed by atoms with Gasteiger partial charge in [0.1, 0.15) is 16.9 Å². The van der Waals surface area contributed by atoms with E-state index in [1.165, 1.54) is 16.9 Å². The van der Waals surface area contributed by atoms with Gasteiger partial charge in [0.2, 0.25) is 0 Å². The van der Waals surface area contributed by atoms with Gasteiger partial charge in [-0.05, 0) is 42.9 Å². The molecule has 0 saturated carbocycles. The van der Waals surface area contributed by atoms with Crippen LogP contribution < -0.4 is 0 Å². The van der Waals surface area contributed by atoms with Crippen molar-refractivity contribution in [3.05, 3.63) is 41.0 Å². The van der Waals surface area contributed by atoms with E-state index in [2.05, 4.69) is 22.1 Å². The molecule has 1 aliphatic carbocycles. The summed E-state index contributed by atoms with van der Waals surface area (Å²) in [5, 5.41) is 20.0.